The second-order valence-electron chi connectivity index (χ2n) is 4.56. The molecule has 20 heavy (non-hydrogen) atoms. The molecule has 0 spiro atoms. The van der Waals surface area contributed by atoms with Crippen molar-refractivity contribution >= 4 is 54.7 Å². The van der Waals surface area contributed by atoms with E-state index in [1.165, 1.54) is 0 Å². The Bertz CT molecular complexity index is 822. The van der Waals surface area contributed by atoms with Gasteiger partial charge in [0.05, 0.1) is 0 Å². The van der Waals surface area contributed by atoms with E-state index in [9.17, 15) is 4.79 Å². The Morgan fingerprint density at radius 1 is 1.25 bits per heavy atom. The lowest BCUT2D eigenvalue weighted by molar-refractivity contribution is 0.104. The maximum atomic E-state index is 12.6. The van der Waals surface area contributed by atoms with E-state index in [1.54, 1.807) is 17.4 Å². The number of rotatable bonds is 2. The van der Waals surface area contributed by atoms with Crippen LogP contribution < -0.4 is 0 Å². The Morgan fingerprint density at radius 2 is 2.05 bits per heavy atom. The first-order valence-electron chi connectivity index (χ1n) is 6.04. The molecule has 0 radical (unpaired) electrons. The van der Waals surface area contributed by atoms with Crippen molar-refractivity contribution in [3.05, 3.63) is 68.0 Å². The lowest BCUT2D eigenvalue weighted by atomic mass is 10.0. The number of hydrogen-bond donors (Lipinski definition) is 0. The van der Waals surface area contributed by atoms with Gasteiger partial charge in [0, 0.05) is 36.1 Å². The van der Waals surface area contributed by atoms with Gasteiger partial charge in [0.25, 0.3) is 0 Å². The lowest BCUT2D eigenvalue weighted by Crippen LogP contribution is -2.00. The van der Waals surface area contributed by atoms with Crippen molar-refractivity contribution in [3.8, 4) is 0 Å². The van der Waals surface area contributed by atoms with Crippen LogP contribution in [0.25, 0.3) is 10.1 Å². The predicted molar refractivity (Wildman–Crippen MR) is 89.1 cm³/mol. The average Bonchev–Trinajstić information content (AvgIpc) is 2.86. The zero-order chi connectivity index (χ0) is 14.3. The van der Waals surface area contributed by atoms with Gasteiger partial charge < -0.3 is 0 Å². The molecule has 0 aliphatic heterocycles. The molecule has 0 bridgehead atoms. The fourth-order valence-electron chi connectivity index (χ4n) is 2.09. The molecule has 100 valence electrons. The first-order valence-corrected chi connectivity index (χ1v) is 8.09. The first-order chi connectivity index (χ1) is 9.58. The summed E-state index contributed by atoms with van der Waals surface area (Å²) in [5.41, 5.74) is 2.33. The van der Waals surface area contributed by atoms with Crippen LogP contribution in [0.4, 0.5) is 0 Å². The highest BCUT2D eigenvalue weighted by Gasteiger charge is 2.16. The van der Waals surface area contributed by atoms with E-state index in [0.29, 0.717) is 10.6 Å². The fourth-order valence-corrected chi connectivity index (χ4v) is 3.87. The number of halogens is 2. The standard InChI is InChI=1S/C16H10BrClOS/c1-9-5-6-10(7-14(9)18)15(19)12-8-20-16-11(12)3-2-4-13(16)17/h2-8H,1H3. The average molecular weight is 366 g/mol. The lowest BCUT2D eigenvalue weighted by Gasteiger charge is -2.03. The monoisotopic (exact) mass is 364 g/mol. The minimum absolute atomic E-state index is 0.0104. The largest absolute Gasteiger partial charge is 0.289 e. The molecule has 0 fully saturated rings. The highest BCUT2D eigenvalue weighted by Crippen LogP contribution is 2.33. The normalized spacial score (nSPS) is 10.9. The topological polar surface area (TPSA) is 17.1 Å². The minimum atomic E-state index is 0.0104. The number of aryl methyl sites for hydroxylation is 1. The van der Waals surface area contributed by atoms with Gasteiger partial charge in [-0.3, -0.25) is 4.79 Å². The van der Waals surface area contributed by atoms with Crippen LogP contribution in [0.3, 0.4) is 0 Å². The highest BCUT2D eigenvalue weighted by molar-refractivity contribution is 9.10. The van der Waals surface area contributed by atoms with E-state index >= 15 is 0 Å². The Hall–Kier alpha value is -1.16. The molecule has 1 aromatic heterocycles. The summed E-state index contributed by atoms with van der Waals surface area (Å²) in [7, 11) is 0. The van der Waals surface area contributed by atoms with Crippen molar-refractivity contribution in [2.75, 3.05) is 0 Å². The number of ketones is 1. The number of benzene rings is 2. The summed E-state index contributed by atoms with van der Waals surface area (Å²) < 4.78 is 2.11. The highest BCUT2D eigenvalue weighted by atomic mass is 79.9. The van der Waals surface area contributed by atoms with Gasteiger partial charge in [-0.1, -0.05) is 35.9 Å². The van der Waals surface area contributed by atoms with E-state index in [1.807, 2.05) is 42.6 Å². The first kappa shape index (κ1) is 13.8. The van der Waals surface area contributed by atoms with Crippen molar-refractivity contribution in [3.63, 3.8) is 0 Å². The van der Waals surface area contributed by atoms with E-state index in [0.717, 1.165) is 25.7 Å². The number of carbonyl (C=O) groups excluding carboxylic acids is 1. The van der Waals surface area contributed by atoms with Crippen LogP contribution >= 0.6 is 38.9 Å². The maximum Gasteiger partial charge on any atom is 0.194 e. The Labute approximate surface area is 134 Å². The second-order valence-corrected chi connectivity index (χ2v) is 6.70. The van der Waals surface area contributed by atoms with Gasteiger partial charge >= 0.3 is 0 Å². The second kappa shape index (κ2) is 5.32. The zero-order valence-corrected chi connectivity index (χ0v) is 13.8. The third-order valence-corrected chi connectivity index (χ3v) is 5.59. The molecule has 0 unspecified atom stereocenters. The molecule has 0 saturated heterocycles. The Kier molecular flexibility index (Phi) is 3.67. The zero-order valence-electron chi connectivity index (χ0n) is 10.6. The third kappa shape index (κ3) is 2.30. The molecule has 3 aromatic rings. The summed E-state index contributed by atoms with van der Waals surface area (Å²) in [6.45, 7) is 1.92. The smallest absolute Gasteiger partial charge is 0.194 e. The van der Waals surface area contributed by atoms with Crippen LogP contribution in [0.15, 0.2) is 46.3 Å². The van der Waals surface area contributed by atoms with E-state index in [2.05, 4.69) is 15.9 Å². The fraction of sp³-hybridized carbons (Fsp3) is 0.0625. The van der Waals surface area contributed by atoms with Crippen LogP contribution in [0.5, 0.6) is 0 Å². The van der Waals surface area contributed by atoms with Crippen LogP contribution in [0.2, 0.25) is 5.02 Å². The molecule has 1 heterocycles. The molecule has 0 aliphatic carbocycles. The van der Waals surface area contributed by atoms with Gasteiger partial charge in [0.1, 0.15) is 0 Å². The maximum absolute atomic E-state index is 12.6. The molecule has 0 N–H and O–H groups in total. The summed E-state index contributed by atoms with van der Waals surface area (Å²) in [5.74, 6) is 0.0104. The van der Waals surface area contributed by atoms with Gasteiger partial charge in [-0.15, -0.1) is 11.3 Å². The molecule has 4 heteroatoms. The SMILES string of the molecule is Cc1ccc(C(=O)c2csc3c(Br)cccc23)cc1Cl. The van der Waals surface area contributed by atoms with E-state index < -0.39 is 0 Å². The number of thiophene rings is 1. The Morgan fingerprint density at radius 3 is 2.80 bits per heavy atom. The van der Waals surface area contributed by atoms with Gasteiger partial charge in [-0.2, -0.15) is 0 Å². The van der Waals surface area contributed by atoms with Crippen LogP contribution in [0, 0.1) is 6.92 Å². The van der Waals surface area contributed by atoms with Crippen molar-refractivity contribution in [1.82, 2.24) is 0 Å². The molecule has 3 rings (SSSR count). The Balaban J connectivity index is 2.13. The summed E-state index contributed by atoms with van der Waals surface area (Å²) >= 11 is 11.2. The van der Waals surface area contributed by atoms with Gasteiger partial charge in [0.2, 0.25) is 0 Å². The molecular weight excluding hydrogens is 356 g/mol. The van der Waals surface area contributed by atoms with Crippen molar-refractivity contribution in [2.45, 2.75) is 6.92 Å². The molecule has 0 aliphatic rings. The van der Waals surface area contributed by atoms with Crippen LogP contribution in [-0.2, 0) is 0 Å². The number of carbonyl (C=O) groups is 1. The molecule has 0 atom stereocenters. The van der Waals surface area contributed by atoms with Gasteiger partial charge in [-0.05, 0) is 40.5 Å². The third-order valence-electron chi connectivity index (χ3n) is 3.23. The van der Waals surface area contributed by atoms with Crippen molar-refractivity contribution in [2.24, 2.45) is 0 Å². The summed E-state index contributed by atoms with van der Waals surface area (Å²) in [5, 5.41) is 3.51. The van der Waals surface area contributed by atoms with E-state index in [-0.39, 0.29) is 5.78 Å². The minimum Gasteiger partial charge on any atom is -0.289 e. The summed E-state index contributed by atoms with van der Waals surface area (Å²) in [4.78, 5) is 12.6. The number of fused-ring (bicyclic) bond motifs is 1. The summed E-state index contributed by atoms with van der Waals surface area (Å²) in [6.07, 6.45) is 0. The number of hydrogen-bond acceptors (Lipinski definition) is 2. The summed E-state index contributed by atoms with van der Waals surface area (Å²) in [6, 6.07) is 11.3. The van der Waals surface area contributed by atoms with Gasteiger partial charge in [0.15, 0.2) is 5.78 Å². The molecule has 0 saturated carbocycles. The van der Waals surface area contributed by atoms with Gasteiger partial charge in [-0.25, -0.2) is 0 Å². The molecular formula is C16H10BrClOS. The predicted octanol–water partition coefficient (Wildman–Crippen LogP) is 5.86. The molecule has 1 nitrogen and oxygen atoms in total. The van der Waals surface area contributed by atoms with Crippen LogP contribution in [-0.4, -0.2) is 5.78 Å². The quantitative estimate of drug-likeness (QED) is 0.520. The molecule has 2 aromatic carbocycles. The van der Waals surface area contributed by atoms with Crippen molar-refractivity contribution in [1.29, 1.82) is 0 Å². The van der Waals surface area contributed by atoms with Crippen molar-refractivity contribution < 1.29 is 4.79 Å². The van der Waals surface area contributed by atoms with E-state index in [4.69, 9.17) is 11.6 Å². The molecule has 0 amide bonds. The van der Waals surface area contributed by atoms with Crippen LogP contribution in [0.1, 0.15) is 21.5 Å².